The summed E-state index contributed by atoms with van der Waals surface area (Å²) < 4.78 is 0. The first-order chi connectivity index (χ1) is 8.66. The predicted molar refractivity (Wildman–Crippen MR) is 72.5 cm³/mol. The first-order valence-corrected chi connectivity index (χ1v) is 7.17. The number of Topliss-reactive ketones (excluding diaryl/α,β-unsaturated/α-hetero) is 1. The normalized spacial score (nSPS) is 17.3. The summed E-state index contributed by atoms with van der Waals surface area (Å²) in [5.41, 5.74) is 0.282. The lowest BCUT2D eigenvalue weighted by Gasteiger charge is -2.18. The van der Waals surface area contributed by atoms with E-state index in [1.54, 1.807) is 0 Å². The summed E-state index contributed by atoms with van der Waals surface area (Å²) in [4.78, 5) is 14.2. The molecule has 2 N–H and O–H groups in total. The number of rotatable bonds is 3. The maximum atomic E-state index is 12.1. The van der Waals surface area contributed by atoms with E-state index in [1.165, 1.54) is 18.2 Å². The molecule has 0 atom stereocenters. The van der Waals surface area contributed by atoms with Gasteiger partial charge in [0, 0.05) is 18.4 Å². The molecule has 4 nitrogen and oxygen atoms in total. The van der Waals surface area contributed by atoms with Crippen molar-refractivity contribution in [3.05, 3.63) is 23.8 Å². The number of ketones is 1. The quantitative estimate of drug-likeness (QED) is 0.817. The maximum absolute atomic E-state index is 12.1. The Kier molecular flexibility index (Phi) is 4.49. The molecule has 18 heavy (non-hydrogen) atoms. The third-order valence-electron chi connectivity index (χ3n) is 2.96. The molecule has 0 unspecified atom stereocenters. The molecule has 0 bridgehead atoms. The van der Waals surface area contributed by atoms with Crippen LogP contribution < -0.4 is 0 Å². The number of carbonyl (C=O) groups is 1. The van der Waals surface area contributed by atoms with Crippen molar-refractivity contribution in [2.75, 3.05) is 31.1 Å². The van der Waals surface area contributed by atoms with Crippen molar-refractivity contribution in [1.82, 2.24) is 4.90 Å². The number of thioether (sulfide) groups is 1. The summed E-state index contributed by atoms with van der Waals surface area (Å²) in [5, 5.41) is 18.8. The van der Waals surface area contributed by atoms with Crippen molar-refractivity contribution in [2.24, 2.45) is 0 Å². The molecule has 1 heterocycles. The van der Waals surface area contributed by atoms with Crippen molar-refractivity contribution in [2.45, 2.75) is 6.42 Å². The number of phenols is 2. The van der Waals surface area contributed by atoms with Gasteiger partial charge >= 0.3 is 0 Å². The topological polar surface area (TPSA) is 60.8 Å². The molecule has 0 spiro atoms. The maximum Gasteiger partial charge on any atom is 0.180 e. The van der Waals surface area contributed by atoms with Crippen molar-refractivity contribution in [1.29, 1.82) is 0 Å². The lowest BCUT2D eigenvalue weighted by atomic mass is 10.1. The van der Waals surface area contributed by atoms with Crippen LogP contribution in [0, 0.1) is 0 Å². The van der Waals surface area contributed by atoms with Crippen LogP contribution in [-0.2, 0) is 0 Å². The lowest BCUT2D eigenvalue weighted by Crippen LogP contribution is -2.31. The molecule has 0 amide bonds. The van der Waals surface area contributed by atoms with E-state index in [4.69, 9.17) is 0 Å². The number of benzene rings is 1. The second kappa shape index (κ2) is 6.11. The Hall–Kier alpha value is -1.20. The first-order valence-electron chi connectivity index (χ1n) is 6.02. The van der Waals surface area contributed by atoms with E-state index in [1.807, 2.05) is 11.8 Å². The number of hydrogen-bond donors (Lipinski definition) is 2. The van der Waals surface area contributed by atoms with E-state index in [2.05, 4.69) is 4.90 Å². The van der Waals surface area contributed by atoms with E-state index in [0.29, 0.717) is 6.54 Å². The number of hydrogen-bond acceptors (Lipinski definition) is 5. The number of nitrogens with zero attached hydrogens (tertiary/aromatic N) is 1. The monoisotopic (exact) mass is 267 g/mol. The van der Waals surface area contributed by atoms with Gasteiger partial charge in [-0.3, -0.25) is 9.69 Å². The minimum atomic E-state index is -0.149. The van der Waals surface area contributed by atoms with Crippen LogP contribution in [0.1, 0.15) is 16.8 Å². The Morgan fingerprint density at radius 2 is 2.11 bits per heavy atom. The fraction of sp³-hybridized carbons (Fsp3) is 0.462. The van der Waals surface area contributed by atoms with E-state index < -0.39 is 0 Å². The number of phenolic OH excluding ortho intramolecular Hbond substituents is 2. The van der Waals surface area contributed by atoms with Crippen LogP contribution in [0.25, 0.3) is 0 Å². The fourth-order valence-corrected chi connectivity index (χ4v) is 2.92. The molecule has 0 saturated carbocycles. The molecule has 1 saturated heterocycles. The van der Waals surface area contributed by atoms with Crippen LogP contribution >= 0.6 is 11.8 Å². The highest BCUT2D eigenvalue weighted by molar-refractivity contribution is 7.99. The van der Waals surface area contributed by atoms with Gasteiger partial charge in [0.25, 0.3) is 0 Å². The fourth-order valence-electron chi connectivity index (χ4n) is 2.00. The minimum Gasteiger partial charge on any atom is -0.508 e. The second-order valence-electron chi connectivity index (χ2n) is 4.37. The van der Waals surface area contributed by atoms with E-state index in [0.717, 1.165) is 31.0 Å². The summed E-state index contributed by atoms with van der Waals surface area (Å²) in [6.45, 7) is 2.17. The van der Waals surface area contributed by atoms with Gasteiger partial charge in [0.2, 0.25) is 0 Å². The lowest BCUT2D eigenvalue weighted by molar-refractivity contribution is 0.0933. The average molecular weight is 267 g/mol. The molecule has 1 aliphatic heterocycles. The molecule has 1 aromatic rings. The molecule has 0 aromatic heterocycles. The molecule has 0 radical (unpaired) electrons. The molecule has 2 rings (SSSR count). The summed E-state index contributed by atoms with van der Waals surface area (Å²) in [5.74, 6) is 1.92. The van der Waals surface area contributed by atoms with Crippen LogP contribution in [-0.4, -0.2) is 52.0 Å². The molecule has 1 fully saturated rings. The third kappa shape index (κ3) is 3.40. The summed E-state index contributed by atoms with van der Waals surface area (Å²) in [6.07, 6.45) is 1.10. The van der Waals surface area contributed by atoms with Gasteiger partial charge in [-0.2, -0.15) is 11.8 Å². The zero-order chi connectivity index (χ0) is 13.0. The molecule has 1 aromatic carbocycles. The highest BCUT2D eigenvalue weighted by atomic mass is 32.2. The van der Waals surface area contributed by atoms with Gasteiger partial charge < -0.3 is 10.2 Å². The largest absolute Gasteiger partial charge is 0.508 e. The molecule has 1 aliphatic rings. The molecule has 5 heteroatoms. The van der Waals surface area contributed by atoms with Crippen LogP contribution in [0.15, 0.2) is 18.2 Å². The van der Waals surface area contributed by atoms with Gasteiger partial charge in [0.1, 0.15) is 11.5 Å². The van der Waals surface area contributed by atoms with Gasteiger partial charge in [-0.05, 0) is 30.9 Å². The van der Waals surface area contributed by atoms with Crippen molar-refractivity contribution >= 4 is 17.5 Å². The van der Waals surface area contributed by atoms with E-state index in [-0.39, 0.29) is 22.8 Å². The zero-order valence-electron chi connectivity index (χ0n) is 10.1. The first kappa shape index (κ1) is 13.2. The molecular weight excluding hydrogens is 250 g/mol. The summed E-state index contributed by atoms with van der Waals surface area (Å²) in [7, 11) is 0. The van der Waals surface area contributed by atoms with Gasteiger partial charge in [0.05, 0.1) is 12.1 Å². The minimum absolute atomic E-state index is 0.0322. The zero-order valence-corrected chi connectivity index (χ0v) is 10.9. The van der Waals surface area contributed by atoms with Crippen molar-refractivity contribution in [3.8, 4) is 11.5 Å². The Morgan fingerprint density at radius 3 is 2.89 bits per heavy atom. The Morgan fingerprint density at radius 1 is 1.28 bits per heavy atom. The smallest absolute Gasteiger partial charge is 0.180 e. The summed E-state index contributed by atoms with van der Waals surface area (Å²) in [6, 6.07) is 4.09. The molecule has 98 valence electrons. The molecule has 0 aliphatic carbocycles. The Bertz CT molecular complexity index is 428. The standard InChI is InChI=1S/C13H17NO3S/c15-10-2-3-11(12(16)8-10)13(17)9-14-4-1-6-18-7-5-14/h2-3,8,15-16H,1,4-7,9H2. The Balaban J connectivity index is 2.02. The van der Waals surface area contributed by atoms with Gasteiger partial charge in [-0.1, -0.05) is 0 Å². The number of carbonyl (C=O) groups excluding carboxylic acids is 1. The van der Waals surface area contributed by atoms with Gasteiger partial charge in [-0.25, -0.2) is 0 Å². The highest BCUT2D eigenvalue weighted by Crippen LogP contribution is 2.23. The highest BCUT2D eigenvalue weighted by Gasteiger charge is 2.17. The second-order valence-corrected chi connectivity index (χ2v) is 5.59. The number of aromatic hydroxyl groups is 2. The van der Waals surface area contributed by atoms with E-state index >= 15 is 0 Å². The van der Waals surface area contributed by atoms with Crippen LogP contribution in [0.2, 0.25) is 0 Å². The predicted octanol–water partition coefficient (Wildman–Crippen LogP) is 1.72. The van der Waals surface area contributed by atoms with Gasteiger partial charge in [-0.15, -0.1) is 0 Å². The molecular formula is C13H17NO3S. The van der Waals surface area contributed by atoms with Crippen molar-refractivity contribution in [3.63, 3.8) is 0 Å². The van der Waals surface area contributed by atoms with Crippen LogP contribution in [0.5, 0.6) is 11.5 Å². The average Bonchev–Trinajstić information content (AvgIpc) is 2.57. The summed E-state index contributed by atoms with van der Waals surface area (Å²) >= 11 is 1.91. The van der Waals surface area contributed by atoms with Crippen LogP contribution in [0.4, 0.5) is 0 Å². The van der Waals surface area contributed by atoms with Crippen molar-refractivity contribution < 1.29 is 15.0 Å². The SMILES string of the molecule is O=C(CN1CCCSCC1)c1ccc(O)cc1O. The Labute approximate surface area is 111 Å². The van der Waals surface area contributed by atoms with Gasteiger partial charge in [0.15, 0.2) is 5.78 Å². The van der Waals surface area contributed by atoms with E-state index in [9.17, 15) is 15.0 Å². The van der Waals surface area contributed by atoms with Crippen LogP contribution in [0.3, 0.4) is 0 Å². The third-order valence-corrected chi connectivity index (χ3v) is 4.01.